The van der Waals surface area contributed by atoms with Gasteiger partial charge >= 0.3 is 0 Å². The lowest BCUT2D eigenvalue weighted by Crippen LogP contribution is -2.28. The molecule has 0 atom stereocenters. The highest BCUT2D eigenvalue weighted by Crippen LogP contribution is 2.16. The van der Waals surface area contributed by atoms with E-state index in [-0.39, 0.29) is 12.3 Å². The van der Waals surface area contributed by atoms with Gasteiger partial charge in [-0.1, -0.05) is 17.7 Å². The standard InChI is InChI=1S/C13H19N5O2S/c1-10-6-11(2)13(12(3)7-10)8-15-21(19,20)5-4-18-9-14-16-17-18/h6-7,9,15H,4-5,8H2,1-3H3. The molecule has 0 radical (unpaired) electrons. The van der Waals surface area contributed by atoms with Crippen molar-refractivity contribution in [1.29, 1.82) is 0 Å². The molecule has 7 nitrogen and oxygen atoms in total. The maximum Gasteiger partial charge on any atom is 0.213 e. The first kappa shape index (κ1) is 15.6. The Bertz CT molecular complexity index is 687. The van der Waals surface area contributed by atoms with Gasteiger partial charge in [-0.3, -0.25) is 0 Å². The van der Waals surface area contributed by atoms with Gasteiger partial charge in [0.2, 0.25) is 10.0 Å². The number of aryl methyl sites for hydroxylation is 4. The minimum atomic E-state index is -3.37. The average molecular weight is 309 g/mol. The molecule has 0 aliphatic heterocycles. The summed E-state index contributed by atoms with van der Waals surface area (Å²) in [6, 6.07) is 4.11. The fourth-order valence-corrected chi connectivity index (χ4v) is 3.18. The van der Waals surface area contributed by atoms with Gasteiger partial charge in [0.05, 0.1) is 12.3 Å². The molecule has 21 heavy (non-hydrogen) atoms. The third-order valence-corrected chi connectivity index (χ3v) is 4.59. The van der Waals surface area contributed by atoms with Crippen LogP contribution in [0.2, 0.25) is 0 Å². The smallest absolute Gasteiger partial charge is 0.213 e. The van der Waals surface area contributed by atoms with Gasteiger partial charge in [0.1, 0.15) is 6.33 Å². The fourth-order valence-electron chi connectivity index (χ4n) is 2.24. The second-order valence-electron chi connectivity index (χ2n) is 5.09. The van der Waals surface area contributed by atoms with Crippen LogP contribution in [0.5, 0.6) is 0 Å². The molecule has 1 aromatic carbocycles. The summed E-state index contributed by atoms with van der Waals surface area (Å²) in [7, 11) is -3.37. The van der Waals surface area contributed by atoms with E-state index in [9.17, 15) is 8.42 Å². The van der Waals surface area contributed by atoms with Gasteiger partial charge in [-0.2, -0.15) is 0 Å². The maximum atomic E-state index is 12.0. The van der Waals surface area contributed by atoms with Gasteiger partial charge in [0.25, 0.3) is 0 Å². The molecule has 114 valence electrons. The van der Waals surface area contributed by atoms with Crippen molar-refractivity contribution in [3.05, 3.63) is 40.7 Å². The van der Waals surface area contributed by atoms with Gasteiger partial charge in [-0.05, 0) is 47.9 Å². The van der Waals surface area contributed by atoms with Gasteiger partial charge < -0.3 is 0 Å². The predicted octanol–water partition coefficient (Wildman–Crippen LogP) is 0.718. The Labute approximate surface area is 124 Å². The highest BCUT2D eigenvalue weighted by Gasteiger charge is 2.12. The van der Waals surface area contributed by atoms with Gasteiger partial charge in [-0.25, -0.2) is 17.8 Å². The second kappa shape index (κ2) is 6.31. The quantitative estimate of drug-likeness (QED) is 0.849. The number of rotatable bonds is 6. The van der Waals surface area contributed by atoms with E-state index in [2.05, 4.69) is 32.4 Å². The van der Waals surface area contributed by atoms with Crippen LogP contribution in [-0.2, 0) is 23.1 Å². The van der Waals surface area contributed by atoms with Crippen LogP contribution in [0.25, 0.3) is 0 Å². The summed E-state index contributed by atoms with van der Waals surface area (Å²) in [6.07, 6.45) is 1.39. The first-order chi connectivity index (χ1) is 9.87. The maximum absolute atomic E-state index is 12.0. The molecule has 0 saturated heterocycles. The molecule has 0 unspecified atom stereocenters. The highest BCUT2D eigenvalue weighted by molar-refractivity contribution is 7.89. The molecule has 0 aliphatic carbocycles. The van der Waals surface area contributed by atoms with E-state index in [1.807, 2.05) is 20.8 Å². The Morgan fingerprint density at radius 1 is 1.19 bits per heavy atom. The largest absolute Gasteiger partial charge is 0.231 e. The van der Waals surface area contributed by atoms with Crippen LogP contribution in [0.15, 0.2) is 18.5 Å². The Kier molecular flexibility index (Phi) is 4.69. The molecule has 0 amide bonds. The number of nitrogens with one attached hydrogen (secondary N) is 1. The number of aromatic nitrogens is 4. The zero-order valence-corrected chi connectivity index (χ0v) is 13.2. The lowest BCUT2D eigenvalue weighted by molar-refractivity contribution is 0.562. The molecule has 1 heterocycles. The van der Waals surface area contributed by atoms with Gasteiger partial charge in [-0.15, -0.1) is 5.10 Å². The van der Waals surface area contributed by atoms with Crippen molar-refractivity contribution in [2.75, 3.05) is 5.75 Å². The molecule has 0 fully saturated rings. The third-order valence-electron chi connectivity index (χ3n) is 3.29. The molecule has 0 bridgehead atoms. The van der Waals surface area contributed by atoms with Crippen LogP contribution in [-0.4, -0.2) is 34.4 Å². The first-order valence-electron chi connectivity index (χ1n) is 6.62. The van der Waals surface area contributed by atoms with Crippen molar-refractivity contribution in [3.8, 4) is 0 Å². The van der Waals surface area contributed by atoms with Crippen LogP contribution < -0.4 is 4.72 Å². The summed E-state index contributed by atoms with van der Waals surface area (Å²) in [5.41, 5.74) is 4.38. The average Bonchev–Trinajstić information content (AvgIpc) is 2.88. The monoisotopic (exact) mass is 309 g/mol. The third kappa shape index (κ3) is 4.33. The van der Waals surface area contributed by atoms with E-state index in [1.54, 1.807) is 0 Å². The van der Waals surface area contributed by atoms with E-state index in [0.29, 0.717) is 6.54 Å². The summed E-state index contributed by atoms with van der Waals surface area (Å²) < 4.78 is 28.0. The van der Waals surface area contributed by atoms with Crippen LogP contribution in [0.1, 0.15) is 22.3 Å². The van der Waals surface area contributed by atoms with Crippen molar-refractivity contribution in [2.45, 2.75) is 33.9 Å². The number of nitrogens with zero attached hydrogens (tertiary/aromatic N) is 4. The van der Waals surface area contributed by atoms with Crippen LogP contribution in [0.4, 0.5) is 0 Å². The molecule has 1 N–H and O–H groups in total. The summed E-state index contributed by atoms with van der Waals surface area (Å²) in [4.78, 5) is 0. The number of tetrazole rings is 1. The summed E-state index contributed by atoms with van der Waals surface area (Å²) >= 11 is 0. The van der Waals surface area contributed by atoms with Crippen LogP contribution in [0.3, 0.4) is 0 Å². The molecule has 0 aliphatic rings. The summed E-state index contributed by atoms with van der Waals surface area (Å²) in [5.74, 6) is -0.0536. The molecular formula is C13H19N5O2S. The zero-order valence-electron chi connectivity index (χ0n) is 12.4. The number of benzene rings is 1. The van der Waals surface area contributed by atoms with Crippen molar-refractivity contribution < 1.29 is 8.42 Å². The molecule has 2 aromatic rings. The molecule has 8 heteroatoms. The molecule has 2 rings (SSSR count). The van der Waals surface area contributed by atoms with Crippen molar-refractivity contribution >= 4 is 10.0 Å². The fraction of sp³-hybridized carbons (Fsp3) is 0.462. The first-order valence-corrected chi connectivity index (χ1v) is 8.27. The lowest BCUT2D eigenvalue weighted by atomic mass is 10.0. The Morgan fingerprint density at radius 3 is 2.43 bits per heavy atom. The highest BCUT2D eigenvalue weighted by atomic mass is 32.2. The minimum absolute atomic E-state index is 0.0536. The van der Waals surface area contributed by atoms with E-state index in [4.69, 9.17) is 0 Å². The van der Waals surface area contributed by atoms with E-state index in [1.165, 1.54) is 16.6 Å². The van der Waals surface area contributed by atoms with Gasteiger partial charge in [0.15, 0.2) is 0 Å². The zero-order chi connectivity index (χ0) is 15.5. The van der Waals surface area contributed by atoms with Gasteiger partial charge in [0, 0.05) is 6.54 Å². The van der Waals surface area contributed by atoms with Crippen LogP contribution >= 0.6 is 0 Å². The van der Waals surface area contributed by atoms with E-state index in [0.717, 1.165) is 16.7 Å². The molecule has 1 aromatic heterocycles. The lowest BCUT2D eigenvalue weighted by Gasteiger charge is -2.12. The Balaban J connectivity index is 1.98. The van der Waals surface area contributed by atoms with Crippen molar-refractivity contribution in [1.82, 2.24) is 24.9 Å². The molecule has 0 spiro atoms. The number of hydrogen-bond donors (Lipinski definition) is 1. The Morgan fingerprint density at radius 2 is 1.86 bits per heavy atom. The van der Waals surface area contributed by atoms with E-state index < -0.39 is 10.0 Å². The minimum Gasteiger partial charge on any atom is -0.231 e. The second-order valence-corrected chi connectivity index (χ2v) is 7.02. The number of hydrogen-bond acceptors (Lipinski definition) is 5. The predicted molar refractivity (Wildman–Crippen MR) is 79.1 cm³/mol. The number of sulfonamides is 1. The molecular weight excluding hydrogens is 290 g/mol. The Hall–Kier alpha value is -1.80. The van der Waals surface area contributed by atoms with Crippen molar-refractivity contribution in [2.24, 2.45) is 0 Å². The topological polar surface area (TPSA) is 89.8 Å². The SMILES string of the molecule is Cc1cc(C)c(CNS(=O)(=O)CCn2cnnn2)c(C)c1. The van der Waals surface area contributed by atoms with E-state index >= 15 is 0 Å². The van der Waals surface area contributed by atoms with Crippen molar-refractivity contribution in [3.63, 3.8) is 0 Å². The molecule has 0 saturated carbocycles. The van der Waals surface area contributed by atoms with Crippen LogP contribution in [0, 0.1) is 20.8 Å². The normalized spacial score (nSPS) is 11.8. The summed E-state index contributed by atoms with van der Waals surface area (Å²) in [5, 5.41) is 10.6. The summed E-state index contributed by atoms with van der Waals surface area (Å²) in [6.45, 7) is 6.54.